The monoisotopic (exact) mass is 636 g/mol. The van der Waals surface area contributed by atoms with Crippen LogP contribution in [0.4, 0.5) is 5.69 Å². The minimum atomic E-state index is -4.05. The second-order valence-corrected chi connectivity index (χ2v) is 11.7. The van der Waals surface area contributed by atoms with Gasteiger partial charge in [-0.25, -0.2) is 18.0 Å². The summed E-state index contributed by atoms with van der Waals surface area (Å²) < 4.78 is 39.5. The normalized spacial score (nSPS) is 12.9. The van der Waals surface area contributed by atoms with Crippen molar-refractivity contribution in [2.24, 2.45) is 0 Å². The lowest BCUT2D eigenvalue weighted by Crippen LogP contribution is -2.32. The van der Waals surface area contributed by atoms with Crippen LogP contribution in [0.15, 0.2) is 82.2 Å². The SMILES string of the molecule is CCOc1c2c(c(OCC)c3ccccc13)C(=O)N(c1ccc(CC(=O)NS(=O)(=O)c3cccc(Br)c3)cc1)C2=O. The number of nitrogens with one attached hydrogen (secondary N) is 1. The van der Waals surface area contributed by atoms with Crippen LogP contribution in [-0.2, 0) is 21.2 Å². The van der Waals surface area contributed by atoms with Crippen LogP contribution in [0.3, 0.4) is 0 Å². The number of halogens is 1. The Morgan fingerprint density at radius 1 is 0.829 bits per heavy atom. The largest absolute Gasteiger partial charge is 0.492 e. The van der Waals surface area contributed by atoms with Crippen molar-refractivity contribution in [3.05, 3.63) is 94.0 Å². The zero-order valence-corrected chi connectivity index (χ0v) is 24.5. The molecular weight excluding hydrogens is 612 g/mol. The molecule has 1 aliphatic heterocycles. The van der Waals surface area contributed by atoms with Gasteiger partial charge >= 0.3 is 0 Å². The van der Waals surface area contributed by atoms with Crippen molar-refractivity contribution in [2.75, 3.05) is 18.1 Å². The standard InChI is InChI=1S/C30H25BrN2O7S/c1-3-39-27-22-10-5-6-11-23(22)28(40-4-2)26-25(27)29(35)33(30(26)36)20-14-12-18(13-15-20)16-24(34)32-41(37,38)21-9-7-8-19(31)17-21/h5-15,17H,3-4,16H2,1-2H3,(H,32,34). The number of carbonyl (C=O) groups excluding carboxylic acids is 3. The number of rotatable bonds is 9. The lowest BCUT2D eigenvalue weighted by Gasteiger charge is -2.15. The Balaban J connectivity index is 1.43. The average molecular weight is 638 g/mol. The number of carbonyl (C=O) groups is 3. The average Bonchev–Trinajstić information content (AvgIpc) is 3.20. The van der Waals surface area contributed by atoms with Crippen molar-refractivity contribution in [1.82, 2.24) is 4.72 Å². The Kier molecular flexibility index (Phi) is 7.83. The fourth-order valence-corrected chi connectivity index (χ4v) is 6.33. The zero-order chi connectivity index (χ0) is 29.3. The molecule has 0 unspecified atom stereocenters. The molecule has 1 heterocycles. The summed E-state index contributed by atoms with van der Waals surface area (Å²) in [7, 11) is -4.05. The maximum atomic E-state index is 13.7. The predicted molar refractivity (Wildman–Crippen MR) is 157 cm³/mol. The fourth-order valence-electron chi connectivity index (χ4n) is 4.75. The first-order chi connectivity index (χ1) is 19.7. The summed E-state index contributed by atoms with van der Waals surface area (Å²) in [6, 6.07) is 19.5. The Morgan fingerprint density at radius 3 is 1.90 bits per heavy atom. The van der Waals surface area contributed by atoms with Gasteiger partial charge in [-0.2, -0.15) is 0 Å². The van der Waals surface area contributed by atoms with E-state index in [-0.39, 0.29) is 28.1 Å². The number of fused-ring (bicyclic) bond motifs is 2. The van der Waals surface area contributed by atoms with Gasteiger partial charge in [0.2, 0.25) is 5.91 Å². The van der Waals surface area contributed by atoms with Crippen molar-refractivity contribution < 1.29 is 32.3 Å². The number of imide groups is 1. The predicted octanol–water partition coefficient (Wildman–Crippen LogP) is 5.25. The molecule has 0 spiro atoms. The third-order valence-corrected chi connectivity index (χ3v) is 8.31. The van der Waals surface area contributed by atoms with E-state index in [1.54, 1.807) is 38.1 Å². The smallest absolute Gasteiger partial charge is 0.270 e. The highest BCUT2D eigenvalue weighted by atomic mass is 79.9. The van der Waals surface area contributed by atoms with E-state index in [1.807, 2.05) is 24.3 Å². The summed E-state index contributed by atoms with van der Waals surface area (Å²) in [6.07, 6.45) is -0.232. The minimum Gasteiger partial charge on any atom is -0.492 e. The second-order valence-electron chi connectivity index (χ2n) is 9.09. The highest BCUT2D eigenvalue weighted by Crippen LogP contribution is 2.46. The van der Waals surface area contributed by atoms with E-state index in [0.29, 0.717) is 45.5 Å². The van der Waals surface area contributed by atoms with Gasteiger partial charge in [0.15, 0.2) is 0 Å². The van der Waals surface area contributed by atoms with E-state index < -0.39 is 27.7 Å². The third-order valence-electron chi connectivity index (χ3n) is 6.45. The van der Waals surface area contributed by atoms with E-state index in [1.165, 1.54) is 24.3 Å². The van der Waals surface area contributed by atoms with E-state index in [4.69, 9.17) is 9.47 Å². The number of hydrogen-bond acceptors (Lipinski definition) is 7. The summed E-state index contributed by atoms with van der Waals surface area (Å²) in [4.78, 5) is 41.0. The van der Waals surface area contributed by atoms with E-state index in [0.717, 1.165) is 4.90 Å². The Bertz CT molecular complexity index is 1740. The van der Waals surface area contributed by atoms with Crippen molar-refractivity contribution >= 4 is 60.1 Å². The van der Waals surface area contributed by atoms with Crippen molar-refractivity contribution in [2.45, 2.75) is 25.2 Å². The van der Waals surface area contributed by atoms with Gasteiger partial charge in [-0.15, -0.1) is 0 Å². The van der Waals surface area contributed by atoms with Crippen molar-refractivity contribution in [3.8, 4) is 11.5 Å². The number of amides is 3. The number of nitrogens with zero attached hydrogens (tertiary/aromatic N) is 1. The number of ether oxygens (including phenoxy) is 2. The van der Waals surface area contributed by atoms with Gasteiger partial charge in [0.1, 0.15) is 11.5 Å². The molecular formula is C30H25BrN2O7S. The number of hydrogen-bond donors (Lipinski definition) is 1. The van der Waals surface area contributed by atoms with E-state index >= 15 is 0 Å². The van der Waals surface area contributed by atoms with Crippen LogP contribution < -0.4 is 19.1 Å². The van der Waals surface area contributed by atoms with Gasteiger partial charge in [-0.3, -0.25) is 14.4 Å². The zero-order valence-electron chi connectivity index (χ0n) is 22.1. The quantitative estimate of drug-likeness (QED) is 0.249. The van der Waals surface area contributed by atoms with Crippen LogP contribution in [0.2, 0.25) is 0 Å². The van der Waals surface area contributed by atoms with Crippen LogP contribution in [0.1, 0.15) is 40.1 Å². The van der Waals surface area contributed by atoms with Crippen molar-refractivity contribution in [3.63, 3.8) is 0 Å². The Labute approximate surface area is 245 Å². The number of anilines is 1. The lowest BCUT2D eigenvalue weighted by molar-refractivity contribution is -0.118. The molecule has 0 saturated carbocycles. The first-order valence-electron chi connectivity index (χ1n) is 12.8. The summed E-state index contributed by atoms with van der Waals surface area (Å²) in [5, 5.41) is 1.33. The lowest BCUT2D eigenvalue weighted by atomic mass is 9.99. The molecule has 11 heteroatoms. The molecule has 1 N–H and O–H groups in total. The molecule has 0 aromatic heterocycles. The molecule has 9 nitrogen and oxygen atoms in total. The Morgan fingerprint density at radius 2 is 1.39 bits per heavy atom. The molecule has 4 aromatic rings. The molecule has 210 valence electrons. The van der Waals surface area contributed by atoms with Crippen molar-refractivity contribution in [1.29, 1.82) is 0 Å². The molecule has 1 aliphatic rings. The van der Waals surface area contributed by atoms with Crippen LogP contribution in [0, 0.1) is 0 Å². The van der Waals surface area contributed by atoms with E-state index in [2.05, 4.69) is 20.7 Å². The van der Waals surface area contributed by atoms with Crippen LogP contribution in [0.5, 0.6) is 11.5 Å². The molecule has 5 rings (SSSR count). The molecule has 0 bridgehead atoms. The first kappa shape index (κ1) is 28.3. The summed E-state index contributed by atoms with van der Waals surface area (Å²) in [6.45, 7) is 4.19. The molecule has 0 aliphatic carbocycles. The molecule has 0 atom stereocenters. The molecule has 0 fully saturated rings. The molecule has 3 amide bonds. The Hall–Kier alpha value is -4.22. The highest BCUT2D eigenvalue weighted by Gasteiger charge is 2.43. The summed E-state index contributed by atoms with van der Waals surface area (Å²) >= 11 is 3.22. The van der Waals surface area contributed by atoms with Crippen LogP contribution >= 0.6 is 15.9 Å². The summed E-state index contributed by atoms with van der Waals surface area (Å²) in [5.41, 5.74) is 1.06. The van der Waals surface area contributed by atoms with Crippen LogP contribution in [-0.4, -0.2) is 39.4 Å². The number of sulfonamides is 1. The van der Waals surface area contributed by atoms with Gasteiger partial charge in [0, 0.05) is 15.2 Å². The fraction of sp³-hybridized carbons (Fsp3) is 0.167. The van der Waals surface area contributed by atoms with Gasteiger partial charge < -0.3 is 9.47 Å². The number of benzene rings is 4. The maximum Gasteiger partial charge on any atom is 0.270 e. The second kappa shape index (κ2) is 11.3. The van der Waals surface area contributed by atoms with Gasteiger partial charge in [-0.1, -0.05) is 58.4 Å². The molecule has 0 saturated heterocycles. The summed E-state index contributed by atoms with van der Waals surface area (Å²) in [5.74, 6) is -1.19. The van der Waals surface area contributed by atoms with Gasteiger partial charge in [0.05, 0.1) is 41.3 Å². The van der Waals surface area contributed by atoms with Gasteiger partial charge in [-0.05, 0) is 49.7 Å². The molecule has 41 heavy (non-hydrogen) atoms. The van der Waals surface area contributed by atoms with E-state index in [9.17, 15) is 22.8 Å². The highest BCUT2D eigenvalue weighted by molar-refractivity contribution is 9.10. The minimum absolute atomic E-state index is 0.0493. The maximum absolute atomic E-state index is 13.7. The molecule has 4 aromatic carbocycles. The first-order valence-corrected chi connectivity index (χ1v) is 15.1. The van der Waals surface area contributed by atoms with Gasteiger partial charge in [0.25, 0.3) is 21.8 Å². The topological polar surface area (TPSA) is 119 Å². The molecule has 0 radical (unpaired) electrons. The third kappa shape index (κ3) is 5.30. The van der Waals surface area contributed by atoms with Crippen LogP contribution in [0.25, 0.3) is 10.8 Å².